The van der Waals surface area contributed by atoms with Crippen molar-refractivity contribution in [1.82, 2.24) is 4.90 Å². The first-order valence-electron chi connectivity index (χ1n) is 6.21. The smallest absolute Gasteiger partial charge is 0.0707 e. The molecule has 0 amide bonds. The number of likely N-dealkylation sites (tertiary alicyclic amines) is 1. The molecule has 2 heterocycles. The highest BCUT2D eigenvalue weighted by Crippen LogP contribution is 2.26. The van der Waals surface area contributed by atoms with E-state index in [9.17, 15) is 0 Å². The maximum atomic E-state index is 5.83. The summed E-state index contributed by atoms with van der Waals surface area (Å²) in [5.41, 5.74) is 0. The molecular weight excluding hydrogens is 254 g/mol. The van der Waals surface area contributed by atoms with Crippen LogP contribution < -0.4 is 0 Å². The van der Waals surface area contributed by atoms with Crippen LogP contribution in [0.15, 0.2) is 0 Å². The summed E-state index contributed by atoms with van der Waals surface area (Å²) in [6.07, 6.45) is 6.32. The van der Waals surface area contributed by atoms with E-state index in [1.54, 1.807) is 0 Å². The Kier molecular flexibility index (Phi) is 4.47. The van der Waals surface area contributed by atoms with Gasteiger partial charge in [0.25, 0.3) is 0 Å². The SMILES string of the molecule is CC(CCBr)CCN1CC2CCC(C1)O2. The lowest BCUT2D eigenvalue weighted by atomic mass is 10.0. The highest BCUT2D eigenvalue weighted by atomic mass is 79.9. The summed E-state index contributed by atoms with van der Waals surface area (Å²) in [5.74, 6) is 0.852. The molecule has 2 bridgehead atoms. The largest absolute Gasteiger partial charge is 0.372 e. The van der Waals surface area contributed by atoms with Gasteiger partial charge in [0, 0.05) is 18.4 Å². The fraction of sp³-hybridized carbons (Fsp3) is 1.00. The Bertz CT molecular complexity index is 188. The van der Waals surface area contributed by atoms with E-state index in [0.717, 1.165) is 11.2 Å². The number of ether oxygens (including phenoxy) is 1. The van der Waals surface area contributed by atoms with Crippen molar-refractivity contribution >= 4 is 15.9 Å². The summed E-state index contributed by atoms with van der Waals surface area (Å²) in [6.45, 7) is 5.98. The number of morpholine rings is 1. The predicted molar refractivity (Wildman–Crippen MR) is 66.5 cm³/mol. The highest BCUT2D eigenvalue weighted by Gasteiger charge is 2.33. The minimum absolute atomic E-state index is 0.551. The van der Waals surface area contributed by atoms with Gasteiger partial charge in [0.1, 0.15) is 0 Å². The van der Waals surface area contributed by atoms with E-state index in [0.29, 0.717) is 12.2 Å². The van der Waals surface area contributed by atoms with E-state index in [-0.39, 0.29) is 0 Å². The number of hydrogen-bond donors (Lipinski definition) is 0. The molecule has 0 saturated carbocycles. The molecule has 2 saturated heterocycles. The van der Waals surface area contributed by atoms with Crippen LogP contribution in [-0.4, -0.2) is 42.1 Å². The van der Waals surface area contributed by atoms with Crippen LogP contribution in [-0.2, 0) is 4.74 Å². The summed E-state index contributed by atoms with van der Waals surface area (Å²) in [6, 6.07) is 0. The van der Waals surface area contributed by atoms with Crippen molar-refractivity contribution in [2.24, 2.45) is 5.92 Å². The van der Waals surface area contributed by atoms with Crippen molar-refractivity contribution in [2.75, 3.05) is 25.0 Å². The molecule has 0 N–H and O–H groups in total. The number of halogens is 1. The number of alkyl halides is 1. The van der Waals surface area contributed by atoms with Crippen LogP contribution in [0.5, 0.6) is 0 Å². The molecule has 0 spiro atoms. The highest BCUT2D eigenvalue weighted by molar-refractivity contribution is 9.09. The van der Waals surface area contributed by atoms with Crippen molar-refractivity contribution in [2.45, 2.75) is 44.8 Å². The molecule has 2 fully saturated rings. The molecule has 3 atom stereocenters. The van der Waals surface area contributed by atoms with Crippen LogP contribution in [0.4, 0.5) is 0 Å². The van der Waals surface area contributed by atoms with E-state index in [1.807, 2.05) is 0 Å². The topological polar surface area (TPSA) is 12.5 Å². The second-order valence-corrected chi connectivity index (χ2v) is 5.88. The Morgan fingerprint density at radius 2 is 1.93 bits per heavy atom. The number of fused-ring (bicyclic) bond motifs is 2. The molecule has 0 aromatic rings. The van der Waals surface area contributed by atoms with Gasteiger partial charge in [-0.05, 0) is 38.1 Å². The second-order valence-electron chi connectivity index (χ2n) is 5.09. The average Bonchev–Trinajstić information content (AvgIpc) is 2.56. The molecular formula is C12H22BrNO. The molecule has 88 valence electrons. The van der Waals surface area contributed by atoms with Crippen molar-refractivity contribution in [1.29, 1.82) is 0 Å². The van der Waals surface area contributed by atoms with Gasteiger partial charge >= 0.3 is 0 Å². The lowest BCUT2D eigenvalue weighted by molar-refractivity contribution is -0.0393. The van der Waals surface area contributed by atoms with Gasteiger partial charge in [0.2, 0.25) is 0 Å². The monoisotopic (exact) mass is 275 g/mol. The molecule has 0 aromatic carbocycles. The average molecular weight is 276 g/mol. The predicted octanol–water partition coefficient (Wildman–Crippen LogP) is 2.66. The molecule has 0 aliphatic carbocycles. The fourth-order valence-electron chi connectivity index (χ4n) is 2.62. The Morgan fingerprint density at radius 1 is 1.27 bits per heavy atom. The van der Waals surface area contributed by atoms with Crippen molar-refractivity contribution < 1.29 is 4.74 Å². The third-order valence-electron chi connectivity index (χ3n) is 3.66. The lowest BCUT2D eigenvalue weighted by Gasteiger charge is -2.32. The van der Waals surface area contributed by atoms with Crippen LogP contribution in [0, 0.1) is 5.92 Å². The Labute approximate surface area is 101 Å². The van der Waals surface area contributed by atoms with Crippen LogP contribution in [0.25, 0.3) is 0 Å². The zero-order chi connectivity index (χ0) is 10.7. The van der Waals surface area contributed by atoms with E-state index in [1.165, 1.54) is 45.3 Å². The summed E-state index contributed by atoms with van der Waals surface area (Å²) in [4.78, 5) is 2.61. The molecule has 3 heteroatoms. The fourth-order valence-corrected chi connectivity index (χ4v) is 3.40. The maximum Gasteiger partial charge on any atom is 0.0707 e. The van der Waals surface area contributed by atoms with E-state index < -0.39 is 0 Å². The van der Waals surface area contributed by atoms with E-state index >= 15 is 0 Å². The van der Waals surface area contributed by atoms with Crippen LogP contribution in [0.3, 0.4) is 0 Å². The van der Waals surface area contributed by atoms with Gasteiger partial charge in [-0.1, -0.05) is 22.9 Å². The second kappa shape index (κ2) is 5.65. The normalized spacial score (nSPS) is 33.2. The first-order chi connectivity index (χ1) is 7.28. The first kappa shape index (κ1) is 11.9. The van der Waals surface area contributed by atoms with Gasteiger partial charge in [-0.15, -0.1) is 0 Å². The third-order valence-corrected chi connectivity index (χ3v) is 4.12. The number of rotatable bonds is 5. The number of nitrogens with zero attached hydrogens (tertiary/aromatic N) is 1. The van der Waals surface area contributed by atoms with Crippen LogP contribution in [0.2, 0.25) is 0 Å². The quantitative estimate of drug-likeness (QED) is 0.716. The molecule has 15 heavy (non-hydrogen) atoms. The summed E-state index contributed by atoms with van der Waals surface area (Å²) >= 11 is 3.51. The summed E-state index contributed by atoms with van der Waals surface area (Å²) in [5, 5.41) is 1.14. The molecule has 2 aliphatic rings. The third kappa shape index (κ3) is 3.43. The van der Waals surface area contributed by atoms with E-state index in [4.69, 9.17) is 4.74 Å². The lowest BCUT2D eigenvalue weighted by Crippen LogP contribution is -2.43. The van der Waals surface area contributed by atoms with Gasteiger partial charge in [0.15, 0.2) is 0 Å². The molecule has 3 unspecified atom stereocenters. The Morgan fingerprint density at radius 3 is 2.53 bits per heavy atom. The molecule has 0 aromatic heterocycles. The van der Waals surface area contributed by atoms with Gasteiger partial charge in [-0.3, -0.25) is 4.90 Å². The van der Waals surface area contributed by atoms with Gasteiger partial charge in [0.05, 0.1) is 12.2 Å². The molecule has 2 aliphatic heterocycles. The Balaban J connectivity index is 1.67. The number of hydrogen-bond acceptors (Lipinski definition) is 2. The van der Waals surface area contributed by atoms with Crippen molar-refractivity contribution in [3.05, 3.63) is 0 Å². The minimum atomic E-state index is 0.551. The summed E-state index contributed by atoms with van der Waals surface area (Å²) in [7, 11) is 0. The standard InChI is InChI=1S/C12H22BrNO/c1-10(4-6-13)5-7-14-8-11-2-3-12(9-14)15-11/h10-12H,2-9H2,1H3. The van der Waals surface area contributed by atoms with Gasteiger partial charge in [-0.25, -0.2) is 0 Å². The molecule has 2 rings (SSSR count). The Hall–Kier alpha value is 0.400. The van der Waals surface area contributed by atoms with Crippen molar-refractivity contribution in [3.63, 3.8) is 0 Å². The first-order valence-corrected chi connectivity index (χ1v) is 7.34. The van der Waals surface area contributed by atoms with Crippen LogP contribution in [0.1, 0.15) is 32.6 Å². The van der Waals surface area contributed by atoms with Crippen LogP contribution >= 0.6 is 15.9 Å². The van der Waals surface area contributed by atoms with E-state index in [2.05, 4.69) is 27.8 Å². The molecule has 2 nitrogen and oxygen atoms in total. The van der Waals surface area contributed by atoms with Gasteiger partial charge < -0.3 is 4.74 Å². The zero-order valence-electron chi connectivity index (χ0n) is 9.62. The minimum Gasteiger partial charge on any atom is -0.372 e. The van der Waals surface area contributed by atoms with Crippen molar-refractivity contribution in [3.8, 4) is 0 Å². The van der Waals surface area contributed by atoms with Gasteiger partial charge in [-0.2, -0.15) is 0 Å². The summed E-state index contributed by atoms with van der Waals surface area (Å²) < 4.78 is 5.83. The maximum absolute atomic E-state index is 5.83. The zero-order valence-corrected chi connectivity index (χ0v) is 11.2. The molecule has 0 radical (unpaired) electrons.